The van der Waals surface area contributed by atoms with Gasteiger partial charge in [-0.25, -0.2) is 4.98 Å². The van der Waals surface area contributed by atoms with E-state index in [-0.39, 0.29) is 11.8 Å². The maximum absolute atomic E-state index is 12.6. The van der Waals surface area contributed by atoms with Crippen LogP contribution >= 0.6 is 0 Å². The van der Waals surface area contributed by atoms with Crippen molar-refractivity contribution in [3.05, 3.63) is 65.5 Å². The lowest BCUT2D eigenvalue weighted by molar-refractivity contribution is -0.125. The van der Waals surface area contributed by atoms with Crippen LogP contribution in [0.5, 0.6) is 0 Å². The predicted octanol–water partition coefficient (Wildman–Crippen LogP) is 3.52. The van der Waals surface area contributed by atoms with Gasteiger partial charge in [0.05, 0.1) is 0 Å². The van der Waals surface area contributed by atoms with Crippen LogP contribution in [-0.4, -0.2) is 33.3 Å². The van der Waals surface area contributed by atoms with Gasteiger partial charge >= 0.3 is 0 Å². The summed E-state index contributed by atoms with van der Waals surface area (Å²) >= 11 is 0. The van der Waals surface area contributed by atoms with Crippen molar-refractivity contribution in [3.63, 3.8) is 0 Å². The van der Waals surface area contributed by atoms with Gasteiger partial charge in [-0.3, -0.25) is 9.59 Å². The number of benzene rings is 1. The molecule has 3 heterocycles. The SMILES string of the molecule is CN(Cc1cn(C)c2ccccc12)C(=O)/C=C/c1cnc2c(c1)CCCC(=O)N2. The third-order valence-corrected chi connectivity index (χ3v) is 5.28. The van der Waals surface area contributed by atoms with Crippen LogP contribution in [0.25, 0.3) is 17.0 Å². The smallest absolute Gasteiger partial charge is 0.246 e. The largest absolute Gasteiger partial charge is 0.350 e. The summed E-state index contributed by atoms with van der Waals surface area (Å²) in [5, 5.41) is 3.99. The quantitative estimate of drug-likeness (QED) is 0.696. The molecule has 29 heavy (non-hydrogen) atoms. The number of hydrogen-bond acceptors (Lipinski definition) is 3. The van der Waals surface area contributed by atoms with E-state index in [2.05, 4.69) is 33.2 Å². The van der Waals surface area contributed by atoms with Crippen molar-refractivity contribution in [3.8, 4) is 0 Å². The fourth-order valence-electron chi connectivity index (χ4n) is 3.74. The average molecular weight is 388 g/mol. The van der Waals surface area contributed by atoms with Crippen LogP contribution in [0.3, 0.4) is 0 Å². The molecule has 4 rings (SSSR count). The Balaban J connectivity index is 1.46. The third kappa shape index (κ3) is 4.06. The van der Waals surface area contributed by atoms with E-state index in [1.165, 1.54) is 0 Å². The second kappa shape index (κ2) is 7.91. The van der Waals surface area contributed by atoms with Gasteiger partial charge in [0.2, 0.25) is 11.8 Å². The number of rotatable bonds is 4. The third-order valence-electron chi connectivity index (χ3n) is 5.28. The van der Waals surface area contributed by atoms with Gasteiger partial charge in [-0.1, -0.05) is 18.2 Å². The molecule has 0 spiro atoms. The van der Waals surface area contributed by atoms with Crippen LogP contribution in [0.4, 0.5) is 5.82 Å². The molecule has 1 N–H and O–H groups in total. The molecule has 1 aliphatic heterocycles. The van der Waals surface area contributed by atoms with Crippen LogP contribution < -0.4 is 5.32 Å². The number of amides is 2. The minimum Gasteiger partial charge on any atom is -0.350 e. The molecule has 3 aromatic rings. The maximum atomic E-state index is 12.6. The summed E-state index contributed by atoms with van der Waals surface area (Å²) in [5.74, 6) is 0.565. The molecule has 1 aromatic carbocycles. The van der Waals surface area contributed by atoms with Gasteiger partial charge < -0.3 is 14.8 Å². The van der Waals surface area contributed by atoms with E-state index in [0.29, 0.717) is 18.8 Å². The normalized spacial score (nSPS) is 13.9. The number of aryl methyl sites for hydroxylation is 2. The minimum absolute atomic E-state index is 0.00443. The van der Waals surface area contributed by atoms with E-state index in [9.17, 15) is 9.59 Å². The Kier molecular flexibility index (Phi) is 5.16. The van der Waals surface area contributed by atoms with Crippen molar-refractivity contribution in [2.24, 2.45) is 7.05 Å². The Morgan fingerprint density at radius 1 is 1.31 bits per heavy atom. The maximum Gasteiger partial charge on any atom is 0.246 e. The molecule has 2 aromatic heterocycles. The lowest BCUT2D eigenvalue weighted by atomic mass is 10.1. The molecule has 6 nitrogen and oxygen atoms in total. The number of likely N-dealkylation sites (N-methyl/N-ethyl adjacent to an activating group) is 1. The van der Waals surface area contributed by atoms with Crippen molar-refractivity contribution >= 4 is 34.6 Å². The summed E-state index contributed by atoms with van der Waals surface area (Å²) in [6.45, 7) is 0.541. The highest BCUT2D eigenvalue weighted by atomic mass is 16.2. The predicted molar refractivity (Wildman–Crippen MR) is 114 cm³/mol. The summed E-state index contributed by atoms with van der Waals surface area (Å²) in [6.07, 6.45) is 9.23. The summed E-state index contributed by atoms with van der Waals surface area (Å²) in [6, 6.07) is 10.2. The van der Waals surface area contributed by atoms with E-state index in [1.807, 2.05) is 25.2 Å². The standard InChI is InChI=1S/C23H24N4O2/c1-26-14-18(19-7-3-4-8-20(19)26)15-27(2)22(29)11-10-16-12-17-6-5-9-21(28)25-23(17)24-13-16/h3-4,7-8,10-14H,5-6,9,15H2,1-2H3,(H,24,25,28)/b11-10+. The molecule has 0 unspecified atom stereocenters. The van der Waals surface area contributed by atoms with Gasteiger partial charge in [-0.15, -0.1) is 0 Å². The number of anilines is 1. The van der Waals surface area contributed by atoms with Crippen LogP contribution in [0.1, 0.15) is 29.5 Å². The number of nitrogens with one attached hydrogen (secondary N) is 1. The summed E-state index contributed by atoms with van der Waals surface area (Å²) in [4.78, 5) is 30.3. The number of aromatic nitrogens is 2. The second-order valence-corrected chi connectivity index (χ2v) is 7.49. The fourth-order valence-corrected chi connectivity index (χ4v) is 3.74. The van der Waals surface area contributed by atoms with Crippen molar-refractivity contribution in [2.45, 2.75) is 25.8 Å². The molecule has 0 saturated carbocycles. The van der Waals surface area contributed by atoms with E-state index in [1.54, 1.807) is 30.3 Å². The number of pyridine rings is 1. The van der Waals surface area contributed by atoms with Crippen LogP contribution in [-0.2, 0) is 29.6 Å². The van der Waals surface area contributed by atoms with Gasteiger partial charge in [0, 0.05) is 56.4 Å². The highest BCUT2D eigenvalue weighted by molar-refractivity contribution is 5.93. The monoisotopic (exact) mass is 388 g/mol. The number of carbonyl (C=O) groups excluding carboxylic acids is 2. The highest BCUT2D eigenvalue weighted by Crippen LogP contribution is 2.22. The van der Waals surface area contributed by atoms with E-state index in [4.69, 9.17) is 0 Å². The molecule has 0 atom stereocenters. The Morgan fingerprint density at radius 2 is 2.14 bits per heavy atom. The first kappa shape index (κ1) is 18.9. The number of para-hydroxylation sites is 1. The molecule has 0 aliphatic carbocycles. The van der Waals surface area contributed by atoms with E-state index >= 15 is 0 Å². The topological polar surface area (TPSA) is 67.2 Å². The van der Waals surface area contributed by atoms with E-state index < -0.39 is 0 Å². The molecule has 148 valence electrons. The zero-order valence-corrected chi connectivity index (χ0v) is 16.7. The van der Waals surface area contributed by atoms with Crippen molar-refractivity contribution < 1.29 is 9.59 Å². The lowest BCUT2D eigenvalue weighted by Gasteiger charge is -2.14. The molecule has 2 amide bonds. The fraction of sp³-hybridized carbons (Fsp3) is 0.261. The summed E-state index contributed by atoms with van der Waals surface area (Å²) in [7, 11) is 3.82. The summed E-state index contributed by atoms with van der Waals surface area (Å²) < 4.78 is 2.08. The van der Waals surface area contributed by atoms with Gasteiger partial charge in [0.25, 0.3) is 0 Å². The first-order valence-electron chi connectivity index (χ1n) is 9.76. The van der Waals surface area contributed by atoms with Crippen molar-refractivity contribution in [2.75, 3.05) is 12.4 Å². The van der Waals surface area contributed by atoms with Crippen LogP contribution in [0, 0.1) is 0 Å². The van der Waals surface area contributed by atoms with Gasteiger partial charge in [0.15, 0.2) is 0 Å². The average Bonchev–Trinajstić information content (AvgIpc) is 2.90. The summed E-state index contributed by atoms with van der Waals surface area (Å²) in [5.41, 5.74) is 4.14. The van der Waals surface area contributed by atoms with Gasteiger partial charge in [-0.2, -0.15) is 0 Å². The molecular weight excluding hydrogens is 364 g/mol. The number of carbonyl (C=O) groups is 2. The Hall–Kier alpha value is -3.41. The van der Waals surface area contributed by atoms with Crippen molar-refractivity contribution in [1.29, 1.82) is 0 Å². The zero-order chi connectivity index (χ0) is 20.4. The molecule has 6 heteroatoms. The first-order chi connectivity index (χ1) is 14.0. The molecular formula is C23H24N4O2. The van der Waals surface area contributed by atoms with Crippen molar-refractivity contribution in [1.82, 2.24) is 14.5 Å². The van der Waals surface area contributed by atoms with Crippen LogP contribution in [0.2, 0.25) is 0 Å². The Bertz CT molecular complexity index is 1110. The Morgan fingerprint density at radius 3 is 3.00 bits per heavy atom. The lowest BCUT2D eigenvalue weighted by Crippen LogP contribution is -2.24. The molecule has 0 radical (unpaired) electrons. The zero-order valence-electron chi connectivity index (χ0n) is 16.7. The Labute approximate surface area is 169 Å². The molecule has 0 saturated heterocycles. The second-order valence-electron chi connectivity index (χ2n) is 7.49. The van der Waals surface area contributed by atoms with E-state index in [0.717, 1.165) is 40.4 Å². The van der Waals surface area contributed by atoms with Crippen LogP contribution in [0.15, 0.2) is 48.8 Å². The molecule has 0 fully saturated rings. The highest BCUT2D eigenvalue weighted by Gasteiger charge is 2.14. The molecule has 0 bridgehead atoms. The number of nitrogens with zero attached hydrogens (tertiary/aromatic N) is 3. The minimum atomic E-state index is -0.0684. The van der Waals surface area contributed by atoms with Gasteiger partial charge in [0.1, 0.15) is 5.82 Å². The van der Waals surface area contributed by atoms with Gasteiger partial charge in [-0.05, 0) is 47.7 Å². The number of fused-ring (bicyclic) bond motifs is 2. The first-order valence-corrected chi connectivity index (χ1v) is 9.76. The number of hydrogen-bond donors (Lipinski definition) is 1. The molecule has 1 aliphatic rings.